The number of rotatable bonds is 0. The molecule has 2 fully saturated rings. The van der Waals surface area contributed by atoms with Gasteiger partial charge >= 0.3 is 0 Å². The summed E-state index contributed by atoms with van der Waals surface area (Å²) in [5.41, 5.74) is -0.224. The Balaban J connectivity index is 2.05. The van der Waals surface area contributed by atoms with Crippen molar-refractivity contribution in [3.05, 3.63) is 0 Å². The van der Waals surface area contributed by atoms with E-state index in [1.54, 1.807) is 0 Å². The van der Waals surface area contributed by atoms with Crippen LogP contribution in [0, 0.1) is 0 Å². The Labute approximate surface area is 90.8 Å². The lowest BCUT2D eigenvalue weighted by molar-refractivity contribution is -0.245. The maximum atomic E-state index is 5.92. The molecule has 0 amide bonds. The van der Waals surface area contributed by atoms with Crippen molar-refractivity contribution >= 4 is 0 Å². The quantitative estimate of drug-likeness (QED) is 0.617. The highest BCUT2D eigenvalue weighted by atomic mass is 16.8. The van der Waals surface area contributed by atoms with Crippen LogP contribution in [-0.2, 0) is 18.9 Å². The van der Waals surface area contributed by atoms with Gasteiger partial charge in [-0.2, -0.15) is 0 Å². The molecule has 0 N–H and O–H groups in total. The van der Waals surface area contributed by atoms with Gasteiger partial charge in [0.15, 0.2) is 11.6 Å². The van der Waals surface area contributed by atoms with Crippen LogP contribution < -0.4 is 0 Å². The second-order valence-electron chi connectivity index (χ2n) is 5.35. The van der Waals surface area contributed by atoms with Gasteiger partial charge in [0.2, 0.25) is 0 Å². The van der Waals surface area contributed by atoms with Crippen molar-refractivity contribution in [3.8, 4) is 0 Å². The van der Waals surface area contributed by atoms with Crippen LogP contribution in [0.1, 0.15) is 34.1 Å². The molecule has 1 unspecified atom stereocenters. The van der Waals surface area contributed by atoms with Gasteiger partial charge in [-0.3, -0.25) is 0 Å². The Kier molecular flexibility index (Phi) is 2.58. The summed E-state index contributed by atoms with van der Waals surface area (Å²) in [7, 11) is 0. The molecule has 1 spiro atoms. The normalized spacial score (nSPS) is 39.2. The van der Waals surface area contributed by atoms with Crippen molar-refractivity contribution in [1.29, 1.82) is 0 Å². The van der Waals surface area contributed by atoms with Crippen LogP contribution >= 0.6 is 0 Å². The molecule has 1 atom stereocenters. The molecule has 2 aliphatic heterocycles. The molecule has 0 aromatic heterocycles. The Hall–Kier alpha value is -0.160. The minimum absolute atomic E-state index is 0.224. The van der Waals surface area contributed by atoms with Crippen molar-refractivity contribution in [2.45, 2.75) is 51.3 Å². The summed E-state index contributed by atoms with van der Waals surface area (Å²) in [4.78, 5) is 0. The van der Waals surface area contributed by atoms with Crippen molar-refractivity contribution < 1.29 is 18.9 Å². The second kappa shape index (κ2) is 3.42. The maximum Gasteiger partial charge on any atom is 0.194 e. The third-order valence-corrected chi connectivity index (χ3v) is 2.72. The molecular weight excluding hydrogens is 196 g/mol. The van der Waals surface area contributed by atoms with E-state index in [0.29, 0.717) is 19.8 Å². The van der Waals surface area contributed by atoms with Crippen LogP contribution in [0.2, 0.25) is 0 Å². The first-order valence-corrected chi connectivity index (χ1v) is 5.45. The first-order chi connectivity index (χ1) is 6.83. The van der Waals surface area contributed by atoms with Gasteiger partial charge in [-0.15, -0.1) is 0 Å². The standard InChI is InChI=1S/C11H20O4/c1-9(2)7-14-11(15-9)5-6-12-10(3,4)13-8-11/h5-8H2,1-4H3. The third-order valence-electron chi connectivity index (χ3n) is 2.72. The van der Waals surface area contributed by atoms with E-state index in [9.17, 15) is 0 Å². The van der Waals surface area contributed by atoms with Crippen molar-refractivity contribution in [1.82, 2.24) is 0 Å². The highest BCUT2D eigenvalue weighted by molar-refractivity contribution is 4.86. The molecule has 15 heavy (non-hydrogen) atoms. The van der Waals surface area contributed by atoms with Crippen LogP contribution in [0.15, 0.2) is 0 Å². The van der Waals surface area contributed by atoms with Crippen LogP contribution in [0.4, 0.5) is 0 Å². The van der Waals surface area contributed by atoms with Gasteiger partial charge in [-0.25, -0.2) is 0 Å². The van der Waals surface area contributed by atoms with Crippen LogP contribution in [0.25, 0.3) is 0 Å². The van der Waals surface area contributed by atoms with E-state index in [0.717, 1.165) is 6.42 Å². The fourth-order valence-electron chi connectivity index (χ4n) is 1.91. The number of ether oxygens (including phenoxy) is 4. The zero-order valence-electron chi connectivity index (χ0n) is 9.96. The van der Waals surface area contributed by atoms with Crippen LogP contribution in [-0.4, -0.2) is 37.0 Å². The number of hydrogen-bond donors (Lipinski definition) is 0. The monoisotopic (exact) mass is 216 g/mol. The maximum absolute atomic E-state index is 5.92. The fraction of sp³-hybridized carbons (Fsp3) is 1.00. The molecule has 0 aromatic rings. The Morgan fingerprint density at radius 2 is 1.60 bits per heavy atom. The summed E-state index contributed by atoms with van der Waals surface area (Å²) in [6, 6.07) is 0. The molecule has 0 aromatic carbocycles. The van der Waals surface area contributed by atoms with Gasteiger partial charge in [0.1, 0.15) is 6.61 Å². The summed E-state index contributed by atoms with van der Waals surface area (Å²) in [5, 5.41) is 0. The van der Waals surface area contributed by atoms with Gasteiger partial charge in [0, 0.05) is 6.42 Å². The van der Waals surface area contributed by atoms with Gasteiger partial charge in [-0.1, -0.05) is 0 Å². The summed E-state index contributed by atoms with van der Waals surface area (Å²) in [6.07, 6.45) is 0.722. The van der Waals surface area contributed by atoms with Crippen LogP contribution in [0.5, 0.6) is 0 Å². The fourth-order valence-corrected chi connectivity index (χ4v) is 1.91. The molecule has 0 aliphatic carbocycles. The van der Waals surface area contributed by atoms with Gasteiger partial charge in [0.05, 0.1) is 18.8 Å². The molecule has 0 bridgehead atoms. The van der Waals surface area contributed by atoms with E-state index in [-0.39, 0.29) is 5.60 Å². The van der Waals surface area contributed by atoms with E-state index in [2.05, 4.69) is 0 Å². The van der Waals surface area contributed by atoms with Gasteiger partial charge in [-0.05, 0) is 27.7 Å². The topological polar surface area (TPSA) is 36.9 Å². The van der Waals surface area contributed by atoms with Crippen LogP contribution in [0.3, 0.4) is 0 Å². The zero-order valence-corrected chi connectivity index (χ0v) is 9.96. The van der Waals surface area contributed by atoms with Gasteiger partial charge in [0.25, 0.3) is 0 Å². The molecule has 2 rings (SSSR count). The summed E-state index contributed by atoms with van der Waals surface area (Å²) in [6.45, 7) is 9.51. The average Bonchev–Trinajstić information content (AvgIpc) is 2.31. The Morgan fingerprint density at radius 3 is 2.20 bits per heavy atom. The first-order valence-electron chi connectivity index (χ1n) is 5.45. The van der Waals surface area contributed by atoms with Crippen molar-refractivity contribution in [3.63, 3.8) is 0 Å². The van der Waals surface area contributed by atoms with E-state index in [4.69, 9.17) is 18.9 Å². The third kappa shape index (κ3) is 2.50. The highest BCUT2D eigenvalue weighted by Gasteiger charge is 2.48. The molecule has 2 aliphatic rings. The van der Waals surface area contributed by atoms with E-state index < -0.39 is 11.6 Å². The summed E-state index contributed by atoms with van der Waals surface area (Å²) >= 11 is 0. The average molecular weight is 216 g/mol. The lowest BCUT2D eigenvalue weighted by Crippen LogP contribution is -2.39. The molecule has 2 saturated heterocycles. The van der Waals surface area contributed by atoms with Crippen molar-refractivity contribution in [2.24, 2.45) is 0 Å². The molecule has 88 valence electrons. The zero-order chi connectivity index (χ0) is 11.2. The SMILES string of the molecule is CC1(C)COC2(CCOC(C)(C)OC2)O1. The molecule has 4 nitrogen and oxygen atoms in total. The molecule has 0 radical (unpaired) electrons. The predicted octanol–water partition coefficient (Wildman–Crippen LogP) is 1.68. The van der Waals surface area contributed by atoms with E-state index in [1.165, 1.54) is 0 Å². The van der Waals surface area contributed by atoms with E-state index in [1.807, 2.05) is 27.7 Å². The lowest BCUT2D eigenvalue weighted by Gasteiger charge is -2.28. The summed E-state index contributed by atoms with van der Waals surface area (Å²) < 4.78 is 22.9. The second-order valence-corrected chi connectivity index (χ2v) is 5.35. The first kappa shape index (κ1) is 11.3. The minimum Gasteiger partial charge on any atom is -0.350 e. The van der Waals surface area contributed by atoms with E-state index >= 15 is 0 Å². The smallest absolute Gasteiger partial charge is 0.194 e. The number of hydrogen-bond acceptors (Lipinski definition) is 4. The largest absolute Gasteiger partial charge is 0.350 e. The lowest BCUT2D eigenvalue weighted by atomic mass is 10.1. The molecule has 2 heterocycles. The van der Waals surface area contributed by atoms with Gasteiger partial charge < -0.3 is 18.9 Å². The van der Waals surface area contributed by atoms with Crippen molar-refractivity contribution in [2.75, 3.05) is 19.8 Å². The molecular formula is C11H20O4. The highest BCUT2D eigenvalue weighted by Crippen LogP contribution is 2.36. The Morgan fingerprint density at radius 1 is 0.867 bits per heavy atom. The minimum atomic E-state index is -0.600. The Bertz CT molecular complexity index is 243. The molecule has 4 heteroatoms. The summed E-state index contributed by atoms with van der Waals surface area (Å²) in [5.74, 6) is -1.14. The predicted molar refractivity (Wildman–Crippen MR) is 54.4 cm³/mol. The molecule has 0 saturated carbocycles.